The van der Waals surface area contributed by atoms with Crippen molar-refractivity contribution in [1.82, 2.24) is 4.90 Å². The molecule has 0 aliphatic carbocycles. The van der Waals surface area contributed by atoms with Gasteiger partial charge in [0.05, 0.1) is 6.61 Å². The van der Waals surface area contributed by atoms with Crippen LogP contribution in [-0.4, -0.2) is 31.1 Å². The minimum absolute atomic E-state index is 0.234. The highest BCUT2D eigenvalue weighted by Crippen LogP contribution is 2.54. The Hall–Kier alpha value is -2.78. The third-order valence-electron chi connectivity index (χ3n) is 6.28. The van der Waals surface area contributed by atoms with Gasteiger partial charge in [0.2, 0.25) is 0 Å². The van der Waals surface area contributed by atoms with Gasteiger partial charge in [-0.05, 0) is 30.2 Å². The predicted molar refractivity (Wildman–Crippen MR) is 116 cm³/mol. The molecule has 0 spiro atoms. The molecule has 148 valence electrons. The first-order chi connectivity index (χ1) is 14.4. The molecule has 0 N–H and O–H groups in total. The lowest BCUT2D eigenvalue weighted by molar-refractivity contribution is -0.00115. The molecule has 2 aliphatic rings. The van der Waals surface area contributed by atoms with Crippen molar-refractivity contribution < 1.29 is 9.47 Å². The molecule has 3 aromatic rings. The van der Waals surface area contributed by atoms with E-state index in [1.807, 2.05) is 30.3 Å². The number of nitrogens with zero attached hydrogens (tertiary/aromatic N) is 1. The second-order valence-corrected chi connectivity index (χ2v) is 8.01. The fraction of sp³-hybridized carbons (Fsp3) is 0.308. The summed E-state index contributed by atoms with van der Waals surface area (Å²) in [7, 11) is 0. The van der Waals surface area contributed by atoms with Crippen LogP contribution >= 0.6 is 0 Å². The molecule has 3 heteroatoms. The Morgan fingerprint density at radius 3 is 2.45 bits per heavy atom. The van der Waals surface area contributed by atoms with Gasteiger partial charge in [-0.25, -0.2) is 0 Å². The summed E-state index contributed by atoms with van der Waals surface area (Å²) in [4.78, 5) is 2.58. The third-order valence-corrected chi connectivity index (χ3v) is 6.28. The fourth-order valence-electron chi connectivity index (χ4n) is 4.85. The summed E-state index contributed by atoms with van der Waals surface area (Å²) in [5, 5.41) is 0. The number of piperidine rings is 1. The Labute approximate surface area is 172 Å². The molecule has 0 radical (unpaired) electrons. The van der Waals surface area contributed by atoms with Gasteiger partial charge in [-0.15, -0.1) is 0 Å². The summed E-state index contributed by atoms with van der Waals surface area (Å²) < 4.78 is 12.5. The van der Waals surface area contributed by atoms with Gasteiger partial charge in [0.1, 0.15) is 17.1 Å². The Bertz CT molecular complexity index is 943. The predicted octanol–water partition coefficient (Wildman–Crippen LogP) is 5.23. The summed E-state index contributed by atoms with van der Waals surface area (Å²) in [6.07, 6.45) is 2.04. The van der Waals surface area contributed by atoms with Gasteiger partial charge < -0.3 is 14.4 Å². The summed E-state index contributed by atoms with van der Waals surface area (Å²) in [5.74, 6) is 2.37. The maximum atomic E-state index is 6.66. The first-order valence-corrected chi connectivity index (χ1v) is 10.6. The van der Waals surface area contributed by atoms with Crippen LogP contribution in [0.3, 0.4) is 0 Å². The van der Waals surface area contributed by atoms with Crippen molar-refractivity contribution in [2.45, 2.75) is 24.4 Å². The van der Waals surface area contributed by atoms with Gasteiger partial charge in [-0.1, -0.05) is 66.7 Å². The number of ether oxygens (including phenoxy) is 2. The molecule has 2 aliphatic heterocycles. The molecule has 2 heterocycles. The van der Waals surface area contributed by atoms with Gasteiger partial charge in [-0.3, -0.25) is 0 Å². The van der Waals surface area contributed by atoms with Crippen LogP contribution in [0, 0.1) is 0 Å². The van der Waals surface area contributed by atoms with E-state index in [2.05, 4.69) is 59.5 Å². The van der Waals surface area contributed by atoms with Crippen LogP contribution in [0.1, 0.15) is 29.9 Å². The largest absolute Gasteiger partial charge is 0.494 e. The maximum absolute atomic E-state index is 6.66. The van der Waals surface area contributed by atoms with E-state index < -0.39 is 0 Å². The minimum atomic E-state index is -0.234. The topological polar surface area (TPSA) is 21.7 Å². The van der Waals surface area contributed by atoms with E-state index in [1.165, 1.54) is 11.1 Å². The molecular weight excluding hydrogens is 358 g/mol. The molecular formula is C26H27NO2. The zero-order chi connectivity index (χ0) is 19.5. The van der Waals surface area contributed by atoms with Crippen LogP contribution in [0.5, 0.6) is 11.5 Å². The molecule has 5 rings (SSSR count). The average Bonchev–Trinajstić information content (AvgIpc) is 3.13. The zero-order valence-electron chi connectivity index (χ0n) is 16.7. The Kier molecular flexibility index (Phi) is 4.99. The molecule has 0 aromatic heterocycles. The van der Waals surface area contributed by atoms with Gasteiger partial charge >= 0.3 is 0 Å². The minimum Gasteiger partial charge on any atom is -0.494 e. The van der Waals surface area contributed by atoms with Crippen LogP contribution in [0.25, 0.3) is 0 Å². The van der Waals surface area contributed by atoms with Crippen LogP contribution in [0.4, 0.5) is 0 Å². The van der Waals surface area contributed by atoms with E-state index in [4.69, 9.17) is 9.47 Å². The second kappa shape index (κ2) is 7.92. The molecule has 1 fully saturated rings. The van der Waals surface area contributed by atoms with E-state index in [1.54, 1.807) is 0 Å². The van der Waals surface area contributed by atoms with E-state index >= 15 is 0 Å². The number of benzene rings is 3. The van der Waals surface area contributed by atoms with Crippen LogP contribution < -0.4 is 9.47 Å². The van der Waals surface area contributed by atoms with Crippen molar-refractivity contribution in [3.63, 3.8) is 0 Å². The van der Waals surface area contributed by atoms with E-state index in [9.17, 15) is 0 Å². The highest BCUT2D eigenvalue weighted by molar-refractivity contribution is 5.47. The molecule has 1 saturated heterocycles. The molecule has 0 bridgehead atoms. The second-order valence-electron chi connectivity index (χ2n) is 8.01. The van der Waals surface area contributed by atoms with Gasteiger partial charge in [0, 0.05) is 37.5 Å². The number of hydrogen-bond acceptors (Lipinski definition) is 3. The van der Waals surface area contributed by atoms with Crippen molar-refractivity contribution in [2.24, 2.45) is 0 Å². The van der Waals surface area contributed by atoms with Gasteiger partial charge in [0.15, 0.2) is 0 Å². The van der Waals surface area contributed by atoms with E-state index in [-0.39, 0.29) is 5.60 Å². The first kappa shape index (κ1) is 18.3. The average molecular weight is 386 g/mol. The molecule has 2 unspecified atom stereocenters. The standard InChI is InChI=1S/C26H27NO2/c1-3-10-21(11-4-1)26-16-18-27(17-9-19-28-22-12-5-2-6-13-22)20-24(26)23-14-7-8-15-25(23)29-26/h1-8,10-15,24H,9,16-20H2. The number of hydrogen-bond donors (Lipinski definition) is 0. The van der Waals surface area contributed by atoms with Crippen molar-refractivity contribution >= 4 is 0 Å². The van der Waals surface area contributed by atoms with Crippen LogP contribution in [-0.2, 0) is 5.60 Å². The maximum Gasteiger partial charge on any atom is 0.143 e. The lowest BCUT2D eigenvalue weighted by atomic mass is 9.74. The molecule has 3 nitrogen and oxygen atoms in total. The smallest absolute Gasteiger partial charge is 0.143 e. The van der Waals surface area contributed by atoms with Crippen LogP contribution in [0.15, 0.2) is 84.9 Å². The SMILES string of the molecule is c1ccc(OCCCN2CCC3(c4ccccc4)Oc4ccccc4C3C2)cc1. The lowest BCUT2D eigenvalue weighted by Crippen LogP contribution is -2.49. The summed E-state index contributed by atoms with van der Waals surface area (Å²) in [6.45, 7) is 3.88. The normalized spacial score (nSPS) is 23.1. The Balaban J connectivity index is 1.28. The Morgan fingerprint density at radius 1 is 0.897 bits per heavy atom. The quantitative estimate of drug-likeness (QED) is 0.542. The van der Waals surface area contributed by atoms with E-state index in [0.29, 0.717) is 5.92 Å². The summed E-state index contributed by atoms with van der Waals surface area (Å²) >= 11 is 0. The number of rotatable bonds is 6. The van der Waals surface area contributed by atoms with Gasteiger partial charge in [0.25, 0.3) is 0 Å². The highest BCUT2D eigenvalue weighted by atomic mass is 16.5. The number of para-hydroxylation sites is 2. The monoisotopic (exact) mass is 385 g/mol. The van der Waals surface area contributed by atoms with Crippen LogP contribution in [0.2, 0.25) is 0 Å². The van der Waals surface area contributed by atoms with Crippen molar-refractivity contribution in [3.8, 4) is 11.5 Å². The van der Waals surface area contributed by atoms with Gasteiger partial charge in [-0.2, -0.15) is 0 Å². The molecule has 29 heavy (non-hydrogen) atoms. The zero-order valence-corrected chi connectivity index (χ0v) is 16.7. The summed E-state index contributed by atoms with van der Waals surface area (Å²) in [5.41, 5.74) is 2.41. The third kappa shape index (κ3) is 3.51. The lowest BCUT2D eigenvalue weighted by Gasteiger charge is -2.43. The summed E-state index contributed by atoms with van der Waals surface area (Å²) in [6, 6.07) is 29.4. The number of fused-ring (bicyclic) bond motifs is 3. The first-order valence-electron chi connectivity index (χ1n) is 10.6. The number of likely N-dealkylation sites (tertiary alicyclic amines) is 1. The molecule has 2 atom stereocenters. The van der Waals surface area contributed by atoms with Crippen molar-refractivity contribution in [2.75, 3.05) is 26.2 Å². The fourth-order valence-corrected chi connectivity index (χ4v) is 4.85. The van der Waals surface area contributed by atoms with Crippen molar-refractivity contribution in [3.05, 3.63) is 96.1 Å². The molecule has 3 aromatic carbocycles. The Morgan fingerprint density at radius 2 is 1.62 bits per heavy atom. The molecule has 0 amide bonds. The highest BCUT2D eigenvalue weighted by Gasteiger charge is 2.52. The molecule has 0 saturated carbocycles. The van der Waals surface area contributed by atoms with E-state index in [0.717, 1.165) is 50.6 Å². The van der Waals surface area contributed by atoms with Crippen molar-refractivity contribution in [1.29, 1.82) is 0 Å².